The number of amides is 2. The molecule has 1 fully saturated rings. The normalized spacial score (nSPS) is 14.3. The van der Waals surface area contributed by atoms with Gasteiger partial charge in [0.15, 0.2) is 6.61 Å². The number of likely N-dealkylation sites (tertiary alicyclic amines) is 1. The lowest BCUT2D eigenvalue weighted by atomic mass is 9.93. The van der Waals surface area contributed by atoms with Crippen LogP contribution in [0, 0.1) is 33.6 Å². The van der Waals surface area contributed by atoms with Gasteiger partial charge >= 0.3 is 12.0 Å². The average molecular weight is 423 g/mol. The van der Waals surface area contributed by atoms with Crippen molar-refractivity contribution in [2.45, 2.75) is 40.5 Å². The van der Waals surface area contributed by atoms with Crippen molar-refractivity contribution >= 4 is 23.5 Å². The smallest absolute Gasteiger partial charge is 0.321 e. The number of hydrogen-bond acceptors (Lipinski definition) is 4. The molecule has 0 atom stereocenters. The molecule has 2 aromatic rings. The fourth-order valence-electron chi connectivity index (χ4n) is 3.88. The maximum Gasteiger partial charge on any atom is 0.321 e. The van der Waals surface area contributed by atoms with Gasteiger partial charge in [-0.05, 0) is 81.0 Å². The Kier molecular flexibility index (Phi) is 7.10. The van der Waals surface area contributed by atoms with Crippen molar-refractivity contribution in [2.75, 3.05) is 25.0 Å². The van der Waals surface area contributed by atoms with Crippen LogP contribution in [0.25, 0.3) is 0 Å². The highest BCUT2D eigenvalue weighted by atomic mass is 16.5. The van der Waals surface area contributed by atoms with Crippen molar-refractivity contribution in [3.05, 3.63) is 64.2 Å². The maximum absolute atomic E-state index is 12.6. The molecule has 2 aromatic carbocycles. The largest absolute Gasteiger partial charge is 0.457 e. The van der Waals surface area contributed by atoms with Crippen LogP contribution < -0.4 is 5.32 Å². The highest BCUT2D eigenvalue weighted by Crippen LogP contribution is 2.23. The number of urea groups is 1. The van der Waals surface area contributed by atoms with Crippen molar-refractivity contribution in [3.63, 3.8) is 0 Å². The van der Waals surface area contributed by atoms with Crippen LogP contribution in [0.15, 0.2) is 36.4 Å². The van der Waals surface area contributed by atoms with E-state index in [1.165, 1.54) is 5.56 Å². The lowest BCUT2D eigenvalue weighted by Gasteiger charge is -2.30. The number of carbonyl (C=O) groups excluding carboxylic acids is 3. The van der Waals surface area contributed by atoms with Crippen LogP contribution >= 0.6 is 0 Å². The standard InChI is InChI=1S/C25H30N2O4/c1-16-14-22(19(4)18(3)17(16)2)23(28)15-31-24(29)20-10-12-27(13-11-20)25(30)26-21-8-6-5-7-9-21/h5-9,14,20H,10-13,15H2,1-4H3,(H,26,30). The molecule has 0 saturated carbocycles. The number of anilines is 1. The van der Waals surface area contributed by atoms with E-state index in [-0.39, 0.29) is 30.3 Å². The van der Waals surface area contributed by atoms with Crippen LogP contribution in [-0.2, 0) is 9.53 Å². The number of ketones is 1. The highest BCUT2D eigenvalue weighted by molar-refractivity contribution is 6.00. The topological polar surface area (TPSA) is 75.7 Å². The quantitative estimate of drug-likeness (QED) is 0.565. The molecular formula is C25H30N2O4. The van der Waals surface area contributed by atoms with E-state index in [0.717, 1.165) is 22.4 Å². The third-order valence-electron chi connectivity index (χ3n) is 6.27. The lowest BCUT2D eigenvalue weighted by Crippen LogP contribution is -2.42. The molecule has 1 aliphatic heterocycles. The third-order valence-corrected chi connectivity index (χ3v) is 6.27. The van der Waals surface area contributed by atoms with E-state index in [0.29, 0.717) is 31.5 Å². The molecule has 0 unspecified atom stereocenters. The third kappa shape index (κ3) is 5.32. The van der Waals surface area contributed by atoms with Crippen molar-refractivity contribution in [1.82, 2.24) is 4.90 Å². The second kappa shape index (κ2) is 9.77. The first-order chi connectivity index (χ1) is 14.8. The number of rotatable bonds is 5. The van der Waals surface area contributed by atoms with Crippen LogP contribution in [0.4, 0.5) is 10.5 Å². The van der Waals surface area contributed by atoms with Gasteiger partial charge in [0.05, 0.1) is 5.92 Å². The van der Waals surface area contributed by atoms with Gasteiger partial charge in [0.25, 0.3) is 0 Å². The van der Waals surface area contributed by atoms with Gasteiger partial charge in [-0.25, -0.2) is 4.79 Å². The zero-order valence-corrected chi connectivity index (χ0v) is 18.7. The molecule has 0 aliphatic carbocycles. The molecule has 31 heavy (non-hydrogen) atoms. The number of benzene rings is 2. The summed E-state index contributed by atoms with van der Waals surface area (Å²) in [6, 6.07) is 11.0. The van der Waals surface area contributed by atoms with Gasteiger partial charge in [-0.15, -0.1) is 0 Å². The van der Waals surface area contributed by atoms with E-state index in [4.69, 9.17) is 4.74 Å². The molecule has 6 nitrogen and oxygen atoms in total. The number of Topliss-reactive ketones (excluding diaryl/α,β-unsaturated/α-hetero) is 1. The number of hydrogen-bond donors (Lipinski definition) is 1. The van der Waals surface area contributed by atoms with Crippen LogP contribution in [0.5, 0.6) is 0 Å². The molecule has 1 N–H and O–H groups in total. The molecular weight excluding hydrogens is 392 g/mol. The van der Waals surface area contributed by atoms with Crippen LogP contribution in [0.3, 0.4) is 0 Å². The Morgan fingerprint density at radius 1 is 0.968 bits per heavy atom. The van der Waals surface area contributed by atoms with Gasteiger partial charge in [-0.3, -0.25) is 9.59 Å². The van der Waals surface area contributed by atoms with Gasteiger partial charge in [0.2, 0.25) is 5.78 Å². The van der Waals surface area contributed by atoms with Crippen LogP contribution in [-0.4, -0.2) is 42.4 Å². The van der Waals surface area contributed by atoms with Gasteiger partial charge in [0.1, 0.15) is 0 Å². The van der Waals surface area contributed by atoms with Gasteiger partial charge < -0.3 is 15.0 Å². The summed E-state index contributed by atoms with van der Waals surface area (Å²) in [5, 5.41) is 2.86. The predicted molar refractivity (Wildman–Crippen MR) is 120 cm³/mol. The summed E-state index contributed by atoms with van der Waals surface area (Å²) in [5.74, 6) is -0.845. The second-order valence-corrected chi connectivity index (χ2v) is 8.20. The number of esters is 1. The number of para-hydroxylation sites is 1. The zero-order valence-electron chi connectivity index (χ0n) is 18.7. The predicted octanol–water partition coefficient (Wildman–Crippen LogP) is 4.59. The number of aryl methyl sites for hydroxylation is 1. The minimum atomic E-state index is -0.366. The molecule has 164 valence electrons. The Labute approximate surface area is 183 Å². The number of piperidine rings is 1. The van der Waals surface area contributed by atoms with Gasteiger partial charge in [0, 0.05) is 24.3 Å². The molecule has 2 amide bonds. The molecule has 0 bridgehead atoms. The Hall–Kier alpha value is -3.15. The zero-order chi connectivity index (χ0) is 22.5. The minimum absolute atomic E-state index is 0.172. The van der Waals surface area contributed by atoms with Crippen molar-refractivity contribution in [3.8, 4) is 0 Å². The van der Waals surface area contributed by atoms with Crippen molar-refractivity contribution < 1.29 is 19.1 Å². The summed E-state index contributed by atoms with van der Waals surface area (Å²) in [4.78, 5) is 39.2. The molecule has 0 spiro atoms. The summed E-state index contributed by atoms with van der Waals surface area (Å²) >= 11 is 0. The molecule has 1 heterocycles. The fourth-order valence-corrected chi connectivity index (χ4v) is 3.88. The second-order valence-electron chi connectivity index (χ2n) is 8.20. The van der Waals surface area contributed by atoms with E-state index < -0.39 is 0 Å². The first-order valence-corrected chi connectivity index (χ1v) is 10.7. The van der Waals surface area contributed by atoms with Crippen molar-refractivity contribution in [1.29, 1.82) is 0 Å². The molecule has 1 saturated heterocycles. The number of ether oxygens (including phenoxy) is 1. The van der Waals surface area contributed by atoms with Gasteiger partial charge in [-0.1, -0.05) is 18.2 Å². The van der Waals surface area contributed by atoms with E-state index in [2.05, 4.69) is 5.32 Å². The average Bonchev–Trinajstić information content (AvgIpc) is 2.79. The molecule has 1 aliphatic rings. The first kappa shape index (κ1) is 22.5. The van der Waals surface area contributed by atoms with E-state index in [9.17, 15) is 14.4 Å². The number of nitrogens with zero attached hydrogens (tertiary/aromatic N) is 1. The van der Waals surface area contributed by atoms with E-state index >= 15 is 0 Å². The van der Waals surface area contributed by atoms with Crippen molar-refractivity contribution in [2.24, 2.45) is 5.92 Å². The van der Waals surface area contributed by atoms with Gasteiger partial charge in [-0.2, -0.15) is 0 Å². The fraction of sp³-hybridized carbons (Fsp3) is 0.400. The minimum Gasteiger partial charge on any atom is -0.457 e. The van der Waals surface area contributed by atoms with Crippen LogP contribution in [0.1, 0.15) is 45.5 Å². The summed E-state index contributed by atoms with van der Waals surface area (Å²) in [6.07, 6.45) is 1.05. The Morgan fingerprint density at radius 2 is 1.61 bits per heavy atom. The molecule has 0 radical (unpaired) electrons. The number of carbonyl (C=O) groups is 3. The van der Waals surface area contributed by atoms with E-state index in [1.807, 2.05) is 64.1 Å². The molecule has 3 rings (SSSR count). The summed E-state index contributed by atoms with van der Waals surface area (Å²) in [7, 11) is 0. The van der Waals surface area contributed by atoms with Crippen LogP contribution in [0.2, 0.25) is 0 Å². The molecule has 0 aromatic heterocycles. The highest BCUT2D eigenvalue weighted by Gasteiger charge is 2.29. The Balaban J connectivity index is 1.49. The Bertz CT molecular complexity index is 977. The number of nitrogens with one attached hydrogen (secondary N) is 1. The SMILES string of the molecule is Cc1cc(C(=O)COC(=O)C2CCN(C(=O)Nc3ccccc3)CC2)c(C)c(C)c1C. The first-order valence-electron chi connectivity index (χ1n) is 10.7. The summed E-state index contributed by atoms with van der Waals surface area (Å²) < 4.78 is 5.35. The molecule has 6 heteroatoms. The Morgan fingerprint density at radius 3 is 2.26 bits per heavy atom. The lowest BCUT2D eigenvalue weighted by molar-refractivity contribution is -0.148. The maximum atomic E-state index is 12.6. The van der Waals surface area contributed by atoms with E-state index in [1.54, 1.807) is 4.90 Å². The summed E-state index contributed by atoms with van der Waals surface area (Å²) in [6.45, 7) is 8.64. The summed E-state index contributed by atoms with van der Waals surface area (Å²) in [5.41, 5.74) is 5.61. The monoisotopic (exact) mass is 422 g/mol.